The number of ether oxygens (including phenoxy) is 2. The van der Waals surface area contributed by atoms with Crippen molar-refractivity contribution in [3.63, 3.8) is 0 Å². The Bertz CT molecular complexity index is 1050. The maximum atomic E-state index is 13.7. The normalized spacial score (nSPS) is 18.7. The highest BCUT2D eigenvalue weighted by molar-refractivity contribution is 6.01. The van der Waals surface area contributed by atoms with Crippen LogP contribution in [0.2, 0.25) is 0 Å². The average molecular weight is 466 g/mol. The Balaban J connectivity index is 1.69. The second-order valence-corrected chi connectivity index (χ2v) is 8.84. The first-order chi connectivity index (χ1) is 16.5. The number of fused-ring (bicyclic) bond motifs is 4. The van der Waals surface area contributed by atoms with Crippen molar-refractivity contribution >= 4 is 11.8 Å². The Kier molecular flexibility index (Phi) is 7.41. The second kappa shape index (κ2) is 10.5. The lowest BCUT2D eigenvalue weighted by Gasteiger charge is -2.45. The summed E-state index contributed by atoms with van der Waals surface area (Å²) in [6, 6.07) is 11.1. The summed E-state index contributed by atoms with van der Waals surface area (Å²) in [7, 11) is 3.22. The minimum absolute atomic E-state index is 0.0216. The minimum atomic E-state index is -0.487. The van der Waals surface area contributed by atoms with Gasteiger partial charge < -0.3 is 24.6 Å². The van der Waals surface area contributed by atoms with Crippen LogP contribution in [0.5, 0.6) is 11.5 Å². The van der Waals surface area contributed by atoms with E-state index in [0.29, 0.717) is 36.6 Å². The van der Waals surface area contributed by atoms with Crippen LogP contribution in [0.3, 0.4) is 0 Å². The maximum absolute atomic E-state index is 13.7. The molecule has 0 fully saturated rings. The summed E-state index contributed by atoms with van der Waals surface area (Å²) in [6.07, 6.45) is 1.59. The van der Waals surface area contributed by atoms with E-state index in [1.54, 1.807) is 14.2 Å². The van der Waals surface area contributed by atoms with Crippen molar-refractivity contribution in [3.05, 3.63) is 58.7 Å². The summed E-state index contributed by atoms with van der Waals surface area (Å²) in [4.78, 5) is 31.3. The van der Waals surface area contributed by atoms with Crippen LogP contribution < -0.4 is 14.8 Å². The number of hydrogen-bond acceptors (Lipinski definition) is 5. The summed E-state index contributed by atoms with van der Waals surface area (Å²) in [5.74, 6) is 0.714. The first-order valence-electron chi connectivity index (χ1n) is 12.2. The molecule has 0 saturated carbocycles. The zero-order valence-electron chi connectivity index (χ0n) is 20.6. The van der Waals surface area contributed by atoms with Crippen molar-refractivity contribution in [2.45, 2.75) is 38.6 Å². The lowest BCUT2D eigenvalue weighted by atomic mass is 9.75. The van der Waals surface area contributed by atoms with Gasteiger partial charge >= 0.3 is 0 Å². The Morgan fingerprint density at radius 1 is 1.09 bits per heavy atom. The van der Waals surface area contributed by atoms with Crippen molar-refractivity contribution in [2.75, 3.05) is 46.9 Å². The molecule has 0 radical (unpaired) electrons. The van der Waals surface area contributed by atoms with Crippen LogP contribution in [0.1, 0.15) is 59.3 Å². The molecule has 4 rings (SSSR count). The van der Waals surface area contributed by atoms with Crippen LogP contribution in [0.4, 0.5) is 0 Å². The lowest BCUT2D eigenvalue weighted by Crippen LogP contribution is -2.50. The van der Waals surface area contributed by atoms with Gasteiger partial charge in [0.25, 0.3) is 5.91 Å². The van der Waals surface area contributed by atoms with Crippen LogP contribution >= 0.6 is 0 Å². The molecule has 0 bridgehead atoms. The molecule has 2 heterocycles. The van der Waals surface area contributed by atoms with E-state index in [4.69, 9.17) is 9.47 Å². The van der Waals surface area contributed by atoms with Crippen molar-refractivity contribution in [2.24, 2.45) is 0 Å². The molecule has 0 aromatic heterocycles. The van der Waals surface area contributed by atoms with Crippen LogP contribution in [0.25, 0.3) is 0 Å². The third kappa shape index (κ3) is 4.37. The van der Waals surface area contributed by atoms with Gasteiger partial charge in [0.05, 0.1) is 26.2 Å². The number of benzene rings is 2. The van der Waals surface area contributed by atoms with Gasteiger partial charge in [-0.2, -0.15) is 0 Å². The maximum Gasteiger partial charge on any atom is 0.254 e. The molecular formula is C27H35N3O4. The molecule has 2 aromatic carbocycles. The molecule has 2 aliphatic heterocycles. The molecule has 0 aliphatic carbocycles. The fourth-order valence-corrected chi connectivity index (χ4v) is 5.30. The van der Waals surface area contributed by atoms with Crippen molar-refractivity contribution < 1.29 is 19.1 Å². The standard InChI is InChI=1S/C27H35N3O4/c1-5-29(6-2)14-9-13-28-26(31)24-19-10-7-8-11-20(19)27(32)30-15-12-18-16-22(33-3)23(34-4)17-21(18)25(24)30/h7-8,10-11,16-17,24-25H,5-6,9,12-15H2,1-4H3,(H,28,31)/t24-,25-/m1/s1. The number of rotatable bonds is 9. The predicted molar refractivity (Wildman–Crippen MR) is 132 cm³/mol. The second-order valence-electron chi connectivity index (χ2n) is 8.84. The van der Waals surface area contributed by atoms with Crippen molar-refractivity contribution in [3.8, 4) is 11.5 Å². The molecule has 182 valence electrons. The van der Waals surface area contributed by atoms with Gasteiger partial charge in [-0.1, -0.05) is 32.0 Å². The molecule has 2 aromatic rings. The number of hydrogen-bond donors (Lipinski definition) is 1. The summed E-state index contributed by atoms with van der Waals surface area (Å²) < 4.78 is 11.1. The van der Waals surface area contributed by atoms with Gasteiger partial charge in [-0.05, 0) is 67.4 Å². The summed E-state index contributed by atoms with van der Waals surface area (Å²) in [5, 5.41) is 3.17. The fourth-order valence-electron chi connectivity index (χ4n) is 5.30. The van der Waals surface area contributed by atoms with Gasteiger partial charge in [0.1, 0.15) is 0 Å². The van der Waals surface area contributed by atoms with E-state index < -0.39 is 5.92 Å². The smallest absolute Gasteiger partial charge is 0.254 e. The van der Waals surface area contributed by atoms with E-state index in [1.165, 1.54) is 0 Å². The molecular weight excluding hydrogens is 430 g/mol. The van der Waals surface area contributed by atoms with Gasteiger partial charge in [0.15, 0.2) is 11.5 Å². The Hall–Kier alpha value is -3.06. The van der Waals surface area contributed by atoms with E-state index in [-0.39, 0.29) is 17.9 Å². The Labute approximate surface area is 202 Å². The summed E-state index contributed by atoms with van der Waals surface area (Å²) in [6.45, 7) is 8.41. The first-order valence-corrected chi connectivity index (χ1v) is 12.2. The van der Waals surface area contributed by atoms with Gasteiger partial charge in [-0.3, -0.25) is 9.59 Å². The van der Waals surface area contributed by atoms with Gasteiger partial charge in [0.2, 0.25) is 5.91 Å². The van der Waals surface area contributed by atoms with Gasteiger partial charge in [-0.15, -0.1) is 0 Å². The van der Waals surface area contributed by atoms with Crippen molar-refractivity contribution in [1.82, 2.24) is 15.1 Å². The van der Waals surface area contributed by atoms with E-state index in [9.17, 15) is 9.59 Å². The first kappa shape index (κ1) is 24.1. The van der Waals surface area contributed by atoms with E-state index in [2.05, 4.69) is 24.1 Å². The minimum Gasteiger partial charge on any atom is -0.493 e. The third-order valence-electron chi connectivity index (χ3n) is 7.15. The Morgan fingerprint density at radius 3 is 2.50 bits per heavy atom. The zero-order chi connectivity index (χ0) is 24.2. The molecule has 2 aliphatic rings. The molecule has 34 heavy (non-hydrogen) atoms. The van der Waals surface area contributed by atoms with Crippen LogP contribution in [-0.2, 0) is 11.2 Å². The summed E-state index contributed by atoms with van der Waals surface area (Å²) in [5.41, 5.74) is 3.45. The number of carbonyl (C=O) groups is 2. The van der Waals surface area contributed by atoms with Gasteiger partial charge in [0, 0.05) is 18.7 Å². The molecule has 1 N–H and O–H groups in total. The lowest BCUT2D eigenvalue weighted by molar-refractivity contribution is -0.124. The van der Waals surface area contributed by atoms with Crippen molar-refractivity contribution in [1.29, 1.82) is 0 Å². The molecule has 0 unspecified atom stereocenters. The quantitative estimate of drug-likeness (QED) is 0.575. The summed E-state index contributed by atoms with van der Waals surface area (Å²) >= 11 is 0. The molecule has 0 saturated heterocycles. The largest absolute Gasteiger partial charge is 0.493 e. The van der Waals surface area contributed by atoms with E-state index in [1.807, 2.05) is 41.3 Å². The van der Waals surface area contributed by atoms with Gasteiger partial charge in [-0.25, -0.2) is 0 Å². The van der Waals surface area contributed by atoms with E-state index in [0.717, 1.165) is 42.7 Å². The van der Waals surface area contributed by atoms with Crippen LogP contribution in [-0.4, -0.2) is 68.6 Å². The molecule has 2 amide bonds. The topological polar surface area (TPSA) is 71.1 Å². The van der Waals surface area contributed by atoms with E-state index >= 15 is 0 Å². The zero-order valence-corrected chi connectivity index (χ0v) is 20.6. The monoisotopic (exact) mass is 465 g/mol. The predicted octanol–water partition coefficient (Wildman–Crippen LogP) is 3.39. The number of methoxy groups -OCH3 is 2. The molecule has 2 atom stereocenters. The number of amides is 2. The molecule has 7 nitrogen and oxygen atoms in total. The Morgan fingerprint density at radius 2 is 1.79 bits per heavy atom. The molecule has 0 spiro atoms. The highest BCUT2D eigenvalue weighted by Crippen LogP contribution is 2.48. The van der Waals surface area contributed by atoms with Crippen LogP contribution in [0.15, 0.2) is 36.4 Å². The molecule has 7 heteroatoms. The number of nitrogens with one attached hydrogen (secondary N) is 1. The SMILES string of the molecule is CCN(CC)CCCNC(=O)[C@@H]1c2ccccc2C(=O)N2CCc3cc(OC)c(OC)cc3[C@H]12. The highest BCUT2D eigenvalue weighted by Gasteiger charge is 2.46. The third-order valence-corrected chi connectivity index (χ3v) is 7.15. The highest BCUT2D eigenvalue weighted by atomic mass is 16.5. The van der Waals surface area contributed by atoms with Crippen LogP contribution in [0, 0.1) is 0 Å². The fraction of sp³-hybridized carbons (Fsp3) is 0.481. The number of carbonyl (C=O) groups excluding carboxylic acids is 2. The average Bonchev–Trinajstić information content (AvgIpc) is 2.87. The number of nitrogens with zero attached hydrogens (tertiary/aromatic N) is 2.